The second-order valence-electron chi connectivity index (χ2n) is 8.30. The molecule has 0 aliphatic heterocycles. The van der Waals surface area contributed by atoms with Crippen LogP contribution in [0.5, 0.6) is 0 Å². The van der Waals surface area contributed by atoms with Gasteiger partial charge in [0, 0.05) is 16.8 Å². The molecule has 1 amide bonds. The van der Waals surface area contributed by atoms with E-state index in [0.717, 1.165) is 29.6 Å². The van der Waals surface area contributed by atoms with E-state index in [1.54, 1.807) is 0 Å². The number of aromatic amines is 1. The number of carbonyl (C=O) groups is 1. The van der Waals surface area contributed by atoms with Crippen LogP contribution in [0, 0.1) is 0 Å². The molecular formula is C23H26N2O. The van der Waals surface area contributed by atoms with Crippen molar-refractivity contribution in [3.8, 4) is 0 Å². The number of nitrogens with one attached hydrogen (secondary N) is 2. The summed E-state index contributed by atoms with van der Waals surface area (Å²) in [5.74, 6) is -0.0577. The molecule has 26 heavy (non-hydrogen) atoms. The molecular weight excluding hydrogens is 320 g/mol. The van der Waals surface area contributed by atoms with Crippen LogP contribution in [0.2, 0.25) is 0 Å². The van der Waals surface area contributed by atoms with Gasteiger partial charge in [-0.25, -0.2) is 0 Å². The molecule has 3 aromatic rings. The van der Waals surface area contributed by atoms with Crippen LogP contribution in [-0.4, -0.2) is 10.9 Å². The lowest BCUT2D eigenvalue weighted by Gasteiger charge is -2.19. The third-order valence-electron chi connectivity index (χ3n) is 5.39. The summed E-state index contributed by atoms with van der Waals surface area (Å²) in [4.78, 5) is 16.4. The van der Waals surface area contributed by atoms with Crippen LogP contribution < -0.4 is 5.32 Å². The number of benzene rings is 2. The van der Waals surface area contributed by atoms with Gasteiger partial charge in [-0.3, -0.25) is 4.79 Å². The number of carbonyl (C=O) groups excluding carboxylic acids is 1. The average molecular weight is 346 g/mol. The Morgan fingerprint density at radius 2 is 1.73 bits per heavy atom. The molecule has 0 atom stereocenters. The maximum atomic E-state index is 12.9. The standard InChI is InChI=1S/C23H26N2O/c1-23(2,3)15-11-13-16(14-12-15)24-22(26)19-9-6-8-18-17-7-4-5-10-20(17)25-21(18)19/h6,8-9,11-14,25H,4-5,7,10H2,1-3H3,(H,24,26). The van der Waals surface area contributed by atoms with Gasteiger partial charge in [0.15, 0.2) is 0 Å². The van der Waals surface area contributed by atoms with E-state index in [1.807, 2.05) is 24.3 Å². The molecule has 0 saturated carbocycles. The zero-order valence-corrected chi connectivity index (χ0v) is 15.8. The van der Waals surface area contributed by atoms with Crippen LogP contribution in [0.4, 0.5) is 5.69 Å². The minimum absolute atomic E-state index is 0.0577. The van der Waals surface area contributed by atoms with E-state index in [1.165, 1.54) is 35.0 Å². The summed E-state index contributed by atoms with van der Waals surface area (Å²) in [6.07, 6.45) is 4.64. The van der Waals surface area contributed by atoms with Crippen LogP contribution in [0.15, 0.2) is 42.5 Å². The predicted molar refractivity (Wildman–Crippen MR) is 108 cm³/mol. The van der Waals surface area contributed by atoms with Gasteiger partial charge in [0.05, 0.1) is 11.1 Å². The van der Waals surface area contributed by atoms with Crippen molar-refractivity contribution in [1.82, 2.24) is 4.98 Å². The quantitative estimate of drug-likeness (QED) is 0.623. The van der Waals surface area contributed by atoms with Crippen LogP contribution in [0.1, 0.15) is 60.8 Å². The first-order chi connectivity index (χ1) is 12.4. The Morgan fingerprint density at radius 1 is 1.00 bits per heavy atom. The van der Waals surface area contributed by atoms with Crippen LogP contribution in [-0.2, 0) is 18.3 Å². The van der Waals surface area contributed by atoms with Gasteiger partial charge in [0.1, 0.15) is 0 Å². The molecule has 0 spiro atoms. The summed E-state index contributed by atoms with van der Waals surface area (Å²) < 4.78 is 0. The normalized spacial score (nSPS) is 14.3. The highest BCUT2D eigenvalue weighted by atomic mass is 16.1. The molecule has 4 rings (SSSR count). The maximum Gasteiger partial charge on any atom is 0.257 e. The summed E-state index contributed by atoms with van der Waals surface area (Å²) in [5.41, 5.74) is 6.60. The van der Waals surface area contributed by atoms with Gasteiger partial charge < -0.3 is 10.3 Å². The highest BCUT2D eigenvalue weighted by Crippen LogP contribution is 2.31. The Hall–Kier alpha value is -2.55. The lowest BCUT2D eigenvalue weighted by atomic mass is 9.87. The minimum Gasteiger partial charge on any atom is -0.358 e. The largest absolute Gasteiger partial charge is 0.358 e. The summed E-state index contributed by atoms with van der Waals surface area (Å²) in [6.45, 7) is 6.57. The Labute approximate surface area is 154 Å². The first-order valence-electron chi connectivity index (χ1n) is 9.48. The zero-order chi connectivity index (χ0) is 18.3. The number of anilines is 1. The number of para-hydroxylation sites is 1. The average Bonchev–Trinajstić information content (AvgIpc) is 3.00. The first kappa shape index (κ1) is 16.9. The molecule has 134 valence electrons. The lowest BCUT2D eigenvalue weighted by molar-refractivity contribution is 0.102. The Bertz CT molecular complexity index is 958. The minimum atomic E-state index is -0.0577. The van der Waals surface area contributed by atoms with E-state index < -0.39 is 0 Å². The van der Waals surface area contributed by atoms with E-state index in [-0.39, 0.29) is 11.3 Å². The van der Waals surface area contributed by atoms with Gasteiger partial charge in [-0.1, -0.05) is 45.0 Å². The fourth-order valence-electron chi connectivity index (χ4n) is 3.87. The second kappa shape index (κ2) is 6.31. The van der Waals surface area contributed by atoms with Gasteiger partial charge in [-0.05, 0) is 60.4 Å². The highest BCUT2D eigenvalue weighted by molar-refractivity contribution is 6.12. The van der Waals surface area contributed by atoms with E-state index in [9.17, 15) is 4.79 Å². The third kappa shape index (κ3) is 3.03. The molecule has 3 heteroatoms. The highest BCUT2D eigenvalue weighted by Gasteiger charge is 2.19. The van der Waals surface area contributed by atoms with Crippen molar-refractivity contribution in [3.63, 3.8) is 0 Å². The molecule has 0 unspecified atom stereocenters. The van der Waals surface area contributed by atoms with Crippen molar-refractivity contribution in [2.45, 2.75) is 51.9 Å². The molecule has 0 saturated heterocycles. The monoisotopic (exact) mass is 346 g/mol. The van der Waals surface area contributed by atoms with Gasteiger partial charge in [-0.2, -0.15) is 0 Å². The molecule has 0 radical (unpaired) electrons. The summed E-state index contributed by atoms with van der Waals surface area (Å²) in [7, 11) is 0. The molecule has 3 nitrogen and oxygen atoms in total. The number of hydrogen-bond acceptors (Lipinski definition) is 1. The topological polar surface area (TPSA) is 44.9 Å². The number of amides is 1. The molecule has 2 aromatic carbocycles. The molecule has 0 fully saturated rings. The maximum absolute atomic E-state index is 12.9. The van der Waals surface area contributed by atoms with Crippen molar-refractivity contribution in [3.05, 3.63) is 64.8 Å². The molecule has 1 aliphatic carbocycles. The Morgan fingerprint density at radius 3 is 2.46 bits per heavy atom. The molecule has 2 N–H and O–H groups in total. The SMILES string of the molecule is CC(C)(C)c1ccc(NC(=O)c2cccc3c4c([nH]c23)CCCC4)cc1. The van der Waals surface area contributed by atoms with Crippen LogP contribution in [0.3, 0.4) is 0 Å². The van der Waals surface area contributed by atoms with Crippen LogP contribution >= 0.6 is 0 Å². The van der Waals surface area contributed by atoms with Gasteiger partial charge in [0.25, 0.3) is 5.91 Å². The van der Waals surface area contributed by atoms with Gasteiger partial charge >= 0.3 is 0 Å². The van der Waals surface area contributed by atoms with E-state index in [2.05, 4.69) is 49.3 Å². The van der Waals surface area contributed by atoms with Crippen molar-refractivity contribution >= 4 is 22.5 Å². The number of hydrogen-bond donors (Lipinski definition) is 2. The number of aryl methyl sites for hydroxylation is 2. The van der Waals surface area contributed by atoms with Crippen molar-refractivity contribution in [2.75, 3.05) is 5.32 Å². The molecule has 0 bridgehead atoms. The van der Waals surface area contributed by atoms with Crippen LogP contribution in [0.25, 0.3) is 10.9 Å². The van der Waals surface area contributed by atoms with E-state index >= 15 is 0 Å². The molecule has 1 heterocycles. The number of rotatable bonds is 2. The molecule has 1 aliphatic rings. The van der Waals surface area contributed by atoms with Crippen molar-refractivity contribution in [2.24, 2.45) is 0 Å². The fraction of sp³-hybridized carbons (Fsp3) is 0.348. The van der Waals surface area contributed by atoms with E-state index in [0.29, 0.717) is 0 Å². The number of aromatic nitrogens is 1. The predicted octanol–water partition coefficient (Wildman–Crippen LogP) is 5.60. The third-order valence-corrected chi connectivity index (χ3v) is 5.39. The number of H-pyrrole nitrogens is 1. The fourth-order valence-corrected chi connectivity index (χ4v) is 3.87. The Balaban J connectivity index is 1.63. The van der Waals surface area contributed by atoms with Gasteiger partial charge in [-0.15, -0.1) is 0 Å². The summed E-state index contributed by atoms with van der Waals surface area (Å²) >= 11 is 0. The second-order valence-corrected chi connectivity index (χ2v) is 8.30. The first-order valence-corrected chi connectivity index (χ1v) is 9.48. The summed E-state index contributed by atoms with van der Waals surface area (Å²) in [6, 6.07) is 14.2. The lowest BCUT2D eigenvalue weighted by Crippen LogP contribution is -2.14. The van der Waals surface area contributed by atoms with E-state index in [4.69, 9.17) is 0 Å². The summed E-state index contributed by atoms with van der Waals surface area (Å²) in [5, 5.41) is 4.25. The Kier molecular flexibility index (Phi) is 4.10. The van der Waals surface area contributed by atoms with Gasteiger partial charge in [0.2, 0.25) is 0 Å². The zero-order valence-electron chi connectivity index (χ0n) is 15.8. The molecule has 1 aromatic heterocycles. The number of fused-ring (bicyclic) bond motifs is 3. The van der Waals surface area contributed by atoms with Crippen molar-refractivity contribution < 1.29 is 4.79 Å². The smallest absolute Gasteiger partial charge is 0.257 e. The van der Waals surface area contributed by atoms with Crippen molar-refractivity contribution in [1.29, 1.82) is 0 Å².